The maximum atomic E-state index is 12.9. The van der Waals surface area contributed by atoms with Crippen molar-refractivity contribution in [3.63, 3.8) is 0 Å². The van der Waals surface area contributed by atoms with Gasteiger partial charge in [0.2, 0.25) is 5.91 Å². The molecule has 0 spiro atoms. The number of carbonyl (C=O) groups is 1. The van der Waals surface area contributed by atoms with Gasteiger partial charge in [-0.25, -0.2) is 0 Å². The van der Waals surface area contributed by atoms with Crippen LogP contribution >= 0.6 is 11.3 Å². The number of hydrogen-bond acceptors (Lipinski definition) is 7. The van der Waals surface area contributed by atoms with Crippen LogP contribution in [0.5, 0.6) is 0 Å². The second-order valence-electron chi connectivity index (χ2n) is 7.74. The molecule has 2 saturated heterocycles. The maximum absolute atomic E-state index is 12.9. The van der Waals surface area contributed by atoms with Crippen molar-refractivity contribution in [2.24, 2.45) is 0 Å². The van der Waals surface area contributed by atoms with Crippen LogP contribution in [0.2, 0.25) is 0 Å². The summed E-state index contributed by atoms with van der Waals surface area (Å²) >= 11 is 1.52. The van der Waals surface area contributed by atoms with Gasteiger partial charge >= 0.3 is 0 Å². The number of rotatable bonds is 3. The summed E-state index contributed by atoms with van der Waals surface area (Å²) < 4.78 is 0. The second-order valence-corrected chi connectivity index (χ2v) is 8.93. The number of carbonyl (C=O) groups excluding carboxylic acids is 1. The molecule has 0 N–H and O–H groups in total. The number of amides is 1. The van der Waals surface area contributed by atoms with Gasteiger partial charge in [-0.1, -0.05) is 11.3 Å². The molecule has 2 unspecified atom stereocenters. The molecule has 2 aliphatic rings. The number of nitrogens with zero attached hydrogens (tertiary/aromatic N) is 6. The largest absolute Gasteiger partial charge is 0.339 e. The molecular formula is C20H22N6OS. The number of aromatic nitrogens is 4. The van der Waals surface area contributed by atoms with Crippen molar-refractivity contribution in [2.45, 2.75) is 38.3 Å². The van der Waals surface area contributed by atoms with Crippen molar-refractivity contribution < 1.29 is 4.79 Å². The summed E-state index contributed by atoms with van der Waals surface area (Å²) in [5, 5.41) is 11.9. The van der Waals surface area contributed by atoms with Crippen LogP contribution in [0.15, 0.2) is 24.5 Å². The minimum absolute atomic E-state index is 0.172. The number of likely N-dealkylation sites (tertiary alicyclic amines) is 1. The quantitative estimate of drug-likeness (QED) is 0.679. The lowest BCUT2D eigenvalue weighted by Crippen LogP contribution is -2.54. The molecule has 2 fully saturated rings. The van der Waals surface area contributed by atoms with E-state index in [4.69, 9.17) is 0 Å². The van der Waals surface area contributed by atoms with Crippen molar-refractivity contribution in [1.29, 1.82) is 0 Å². The van der Waals surface area contributed by atoms with Gasteiger partial charge in [-0.2, -0.15) is 0 Å². The summed E-state index contributed by atoms with van der Waals surface area (Å²) in [6, 6.07) is 5.02. The first-order valence-corrected chi connectivity index (χ1v) is 10.4. The van der Waals surface area contributed by atoms with E-state index in [1.54, 1.807) is 12.4 Å². The Morgan fingerprint density at radius 3 is 2.57 bits per heavy atom. The highest BCUT2D eigenvalue weighted by Crippen LogP contribution is 2.29. The van der Waals surface area contributed by atoms with Gasteiger partial charge in [0.05, 0.1) is 12.1 Å². The number of pyridine rings is 2. The molecule has 3 aromatic heterocycles. The maximum Gasteiger partial charge on any atom is 0.228 e. The van der Waals surface area contributed by atoms with Gasteiger partial charge in [-0.15, -0.1) is 10.2 Å². The molecule has 0 radical (unpaired) electrons. The van der Waals surface area contributed by atoms with E-state index in [2.05, 4.69) is 32.1 Å². The van der Waals surface area contributed by atoms with E-state index in [-0.39, 0.29) is 5.91 Å². The molecule has 8 heteroatoms. The fraction of sp³-hybridized carbons (Fsp3) is 0.450. The molecule has 5 rings (SSSR count). The third-order valence-electron chi connectivity index (χ3n) is 5.94. The number of aryl methyl sites for hydroxylation is 1. The van der Waals surface area contributed by atoms with E-state index >= 15 is 0 Å². The Bertz CT molecular complexity index is 1040. The Labute approximate surface area is 167 Å². The molecule has 0 aromatic carbocycles. The lowest BCUT2D eigenvalue weighted by atomic mass is 10.1. The van der Waals surface area contributed by atoms with Crippen LogP contribution in [0, 0.1) is 6.92 Å². The smallest absolute Gasteiger partial charge is 0.228 e. The number of piperazine rings is 1. The molecule has 144 valence electrons. The summed E-state index contributed by atoms with van der Waals surface area (Å²) in [5.74, 6) is 0.172. The van der Waals surface area contributed by atoms with E-state index in [1.165, 1.54) is 24.2 Å². The molecule has 3 aromatic rings. The molecule has 7 nitrogen and oxygen atoms in total. The van der Waals surface area contributed by atoms with Crippen molar-refractivity contribution in [3.8, 4) is 10.7 Å². The van der Waals surface area contributed by atoms with Crippen LogP contribution in [0.3, 0.4) is 0 Å². The third kappa shape index (κ3) is 3.16. The zero-order valence-corrected chi connectivity index (χ0v) is 16.8. The van der Waals surface area contributed by atoms with Gasteiger partial charge in [-0.05, 0) is 44.3 Å². The van der Waals surface area contributed by atoms with Crippen LogP contribution in [-0.4, -0.2) is 68.1 Å². The summed E-state index contributed by atoms with van der Waals surface area (Å²) in [5.41, 5.74) is 1.60. The van der Waals surface area contributed by atoms with Gasteiger partial charge in [0.1, 0.15) is 10.7 Å². The molecule has 1 amide bonds. The average Bonchev–Trinajstić information content (AvgIpc) is 3.19. The van der Waals surface area contributed by atoms with E-state index in [9.17, 15) is 4.79 Å². The minimum Gasteiger partial charge on any atom is -0.339 e. The Hall–Kier alpha value is -2.45. The number of fused-ring (bicyclic) bond motifs is 3. The highest BCUT2D eigenvalue weighted by Gasteiger charge is 2.38. The van der Waals surface area contributed by atoms with Gasteiger partial charge in [0.25, 0.3) is 0 Å². The van der Waals surface area contributed by atoms with Crippen molar-refractivity contribution in [1.82, 2.24) is 30.0 Å². The summed E-state index contributed by atoms with van der Waals surface area (Å²) in [7, 11) is 2.18. The Morgan fingerprint density at radius 1 is 1.11 bits per heavy atom. The molecule has 2 bridgehead atoms. The fourth-order valence-electron chi connectivity index (χ4n) is 4.28. The van der Waals surface area contributed by atoms with Crippen LogP contribution < -0.4 is 0 Å². The van der Waals surface area contributed by atoms with E-state index in [1.807, 2.05) is 24.0 Å². The molecule has 0 saturated carbocycles. The summed E-state index contributed by atoms with van der Waals surface area (Å²) in [6.45, 7) is 3.61. The fourth-order valence-corrected chi connectivity index (χ4v) is 4.94. The summed E-state index contributed by atoms with van der Waals surface area (Å²) in [6.07, 6.45) is 6.33. The Kier molecular flexibility index (Phi) is 4.32. The molecule has 0 aliphatic carbocycles. The van der Waals surface area contributed by atoms with Crippen molar-refractivity contribution in [3.05, 3.63) is 35.2 Å². The molecule has 2 atom stereocenters. The van der Waals surface area contributed by atoms with Crippen LogP contribution in [0.4, 0.5) is 0 Å². The molecule has 5 heterocycles. The van der Waals surface area contributed by atoms with E-state index in [0.29, 0.717) is 18.5 Å². The van der Waals surface area contributed by atoms with Crippen LogP contribution in [-0.2, 0) is 11.2 Å². The first-order chi connectivity index (χ1) is 13.6. The van der Waals surface area contributed by atoms with Crippen LogP contribution in [0.1, 0.15) is 23.5 Å². The number of hydrogen-bond donors (Lipinski definition) is 0. The Balaban J connectivity index is 1.36. The number of likely N-dealkylation sites (N-methyl/N-ethyl adjacent to an activating group) is 1. The zero-order chi connectivity index (χ0) is 19.3. The SMILES string of the molecule is Cc1nnc(-c2cc3cc(CC(=O)N4CC5CCC(C4)N5C)ncc3cn2)s1. The summed E-state index contributed by atoms with van der Waals surface area (Å²) in [4.78, 5) is 26.3. The van der Waals surface area contributed by atoms with Gasteiger partial charge in [-0.3, -0.25) is 19.7 Å². The monoisotopic (exact) mass is 394 g/mol. The third-order valence-corrected chi connectivity index (χ3v) is 6.80. The first kappa shape index (κ1) is 17.6. The van der Waals surface area contributed by atoms with Gasteiger partial charge in [0, 0.05) is 43.0 Å². The van der Waals surface area contributed by atoms with E-state index < -0.39 is 0 Å². The normalized spacial score (nSPS) is 22.1. The predicted molar refractivity (Wildman–Crippen MR) is 108 cm³/mol. The lowest BCUT2D eigenvalue weighted by Gasteiger charge is -2.38. The van der Waals surface area contributed by atoms with Gasteiger partial charge in [0.15, 0.2) is 5.01 Å². The highest BCUT2D eigenvalue weighted by atomic mass is 32.1. The molecular weight excluding hydrogens is 372 g/mol. The minimum atomic E-state index is 0.172. The predicted octanol–water partition coefficient (Wildman–Crippen LogP) is 2.30. The van der Waals surface area contributed by atoms with Crippen LogP contribution in [0.25, 0.3) is 21.5 Å². The first-order valence-electron chi connectivity index (χ1n) is 9.62. The standard InChI is InChI=1S/C20H22N6OS/c1-12-23-24-20(28-12)18-6-13-5-15(21-8-14(13)9-22-18)7-19(27)26-10-16-3-4-17(11-26)25(16)2/h5-6,8-9,16-17H,3-4,7,10-11H2,1-2H3. The topological polar surface area (TPSA) is 75.1 Å². The second kappa shape index (κ2) is 6.86. The van der Waals surface area contributed by atoms with E-state index in [0.717, 1.165) is 45.3 Å². The Morgan fingerprint density at radius 2 is 1.86 bits per heavy atom. The zero-order valence-electron chi connectivity index (χ0n) is 16.0. The van der Waals surface area contributed by atoms with Crippen molar-refractivity contribution >= 4 is 28.0 Å². The van der Waals surface area contributed by atoms with Crippen molar-refractivity contribution in [2.75, 3.05) is 20.1 Å². The highest BCUT2D eigenvalue weighted by molar-refractivity contribution is 7.14. The average molecular weight is 395 g/mol. The van der Waals surface area contributed by atoms with Gasteiger partial charge < -0.3 is 4.90 Å². The lowest BCUT2D eigenvalue weighted by molar-refractivity contribution is -0.133. The molecule has 28 heavy (non-hydrogen) atoms. The molecule has 2 aliphatic heterocycles.